The van der Waals surface area contributed by atoms with Gasteiger partial charge in [-0.3, -0.25) is 4.79 Å². The second-order valence-corrected chi connectivity index (χ2v) is 5.70. The van der Waals surface area contributed by atoms with Gasteiger partial charge in [0.25, 0.3) is 5.91 Å². The van der Waals surface area contributed by atoms with Crippen LogP contribution in [0.5, 0.6) is 5.75 Å². The molecule has 0 heterocycles. The lowest BCUT2D eigenvalue weighted by molar-refractivity contribution is 0.0950. The molecule has 3 nitrogen and oxygen atoms in total. The van der Waals surface area contributed by atoms with E-state index < -0.39 is 0 Å². The van der Waals surface area contributed by atoms with Gasteiger partial charge >= 0.3 is 0 Å². The zero-order valence-corrected chi connectivity index (χ0v) is 13.1. The minimum atomic E-state index is -0.0801. The maximum absolute atomic E-state index is 12.0. The van der Waals surface area contributed by atoms with Crippen LogP contribution in [-0.4, -0.2) is 31.6 Å². The second-order valence-electron chi connectivity index (χ2n) is 3.80. The van der Waals surface area contributed by atoms with Crippen LogP contribution in [0, 0.1) is 0 Å². The number of rotatable bonds is 7. The highest BCUT2D eigenvalue weighted by Gasteiger charge is 2.11. The first-order valence-electron chi connectivity index (χ1n) is 5.79. The van der Waals surface area contributed by atoms with E-state index >= 15 is 0 Å². The lowest BCUT2D eigenvalue weighted by Gasteiger charge is -2.09. The Labute approximate surface area is 121 Å². The minimum Gasteiger partial charge on any atom is -0.496 e. The molecule has 5 heteroatoms. The molecular weight excluding hydrogens is 314 g/mol. The quantitative estimate of drug-likeness (QED) is 0.779. The summed E-state index contributed by atoms with van der Waals surface area (Å²) >= 11 is 5.18. The fourth-order valence-electron chi connectivity index (χ4n) is 1.52. The van der Waals surface area contributed by atoms with Crippen molar-refractivity contribution >= 4 is 33.6 Å². The van der Waals surface area contributed by atoms with Crippen molar-refractivity contribution in [2.24, 2.45) is 0 Å². The lowest BCUT2D eigenvalue weighted by atomic mass is 10.2. The molecule has 0 saturated carbocycles. The summed E-state index contributed by atoms with van der Waals surface area (Å²) in [5.41, 5.74) is 0.575. The van der Waals surface area contributed by atoms with Crippen LogP contribution in [0.3, 0.4) is 0 Å². The number of nitrogens with one attached hydrogen (secondary N) is 1. The van der Waals surface area contributed by atoms with Gasteiger partial charge in [-0.2, -0.15) is 11.8 Å². The number of carbonyl (C=O) groups is 1. The van der Waals surface area contributed by atoms with Crippen molar-refractivity contribution < 1.29 is 9.53 Å². The molecule has 0 saturated heterocycles. The predicted molar refractivity (Wildman–Crippen MR) is 80.6 cm³/mol. The van der Waals surface area contributed by atoms with Crippen molar-refractivity contribution in [3.63, 3.8) is 0 Å². The van der Waals surface area contributed by atoms with Crippen LogP contribution in [0.4, 0.5) is 0 Å². The summed E-state index contributed by atoms with van der Waals surface area (Å²) in [4.78, 5) is 12.0. The molecule has 0 atom stereocenters. The van der Waals surface area contributed by atoms with Gasteiger partial charge in [-0.05, 0) is 43.0 Å². The Kier molecular flexibility index (Phi) is 7.20. The molecular formula is C13H18BrNO2S. The molecule has 1 amide bonds. The maximum Gasteiger partial charge on any atom is 0.255 e. The van der Waals surface area contributed by atoms with E-state index in [1.165, 1.54) is 0 Å². The average Bonchev–Trinajstić information content (AvgIpc) is 2.38. The molecule has 0 aliphatic rings. The lowest BCUT2D eigenvalue weighted by Crippen LogP contribution is -2.25. The largest absolute Gasteiger partial charge is 0.496 e. The van der Waals surface area contributed by atoms with Crippen molar-refractivity contribution in [3.05, 3.63) is 28.2 Å². The van der Waals surface area contributed by atoms with E-state index in [2.05, 4.69) is 27.5 Å². The molecule has 0 aliphatic heterocycles. The van der Waals surface area contributed by atoms with Crippen LogP contribution >= 0.6 is 27.7 Å². The molecule has 18 heavy (non-hydrogen) atoms. The van der Waals surface area contributed by atoms with Gasteiger partial charge in [0.05, 0.1) is 12.7 Å². The van der Waals surface area contributed by atoms with E-state index in [0.717, 1.165) is 23.1 Å². The molecule has 0 aromatic heterocycles. The summed E-state index contributed by atoms with van der Waals surface area (Å²) in [6.45, 7) is 0.707. The molecule has 0 fully saturated rings. The fourth-order valence-corrected chi connectivity index (χ4v) is 2.35. The Balaban J connectivity index is 2.51. The number of methoxy groups -OCH3 is 1. The highest BCUT2D eigenvalue weighted by atomic mass is 79.9. The molecule has 1 aromatic carbocycles. The van der Waals surface area contributed by atoms with Crippen molar-refractivity contribution in [1.29, 1.82) is 0 Å². The SMILES string of the molecule is COc1cc(Br)ccc1C(=O)NCCCCSC. The first-order valence-corrected chi connectivity index (χ1v) is 7.98. The van der Waals surface area contributed by atoms with E-state index in [1.54, 1.807) is 19.2 Å². The highest BCUT2D eigenvalue weighted by molar-refractivity contribution is 9.10. The Hall–Kier alpha value is -0.680. The number of thioether (sulfide) groups is 1. The van der Waals surface area contributed by atoms with Gasteiger partial charge in [0, 0.05) is 11.0 Å². The summed E-state index contributed by atoms with van der Waals surface area (Å²) in [5.74, 6) is 1.65. The van der Waals surface area contributed by atoms with Crippen molar-refractivity contribution in [3.8, 4) is 5.75 Å². The maximum atomic E-state index is 12.0. The molecule has 1 rings (SSSR count). The number of halogens is 1. The predicted octanol–water partition coefficient (Wildman–Crippen LogP) is 3.33. The first-order chi connectivity index (χ1) is 8.69. The van der Waals surface area contributed by atoms with Crippen molar-refractivity contribution in [2.75, 3.05) is 25.7 Å². The van der Waals surface area contributed by atoms with Crippen LogP contribution in [0.15, 0.2) is 22.7 Å². The smallest absolute Gasteiger partial charge is 0.255 e. The Morgan fingerprint density at radius 3 is 2.89 bits per heavy atom. The Morgan fingerprint density at radius 2 is 2.22 bits per heavy atom. The van der Waals surface area contributed by atoms with Gasteiger partial charge in [-0.1, -0.05) is 15.9 Å². The summed E-state index contributed by atoms with van der Waals surface area (Å²) in [7, 11) is 1.57. The molecule has 0 radical (unpaired) electrons. The number of hydrogen-bond acceptors (Lipinski definition) is 3. The number of amides is 1. The molecule has 1 aromatic rings. The van der Waals surface area contributed by atoms with Gasteiger partial charge in [0.2, 0.25) is 0 Å². The molecule has 0 aliphatic carbocycles. The number of ether oxygens (including phenoxy) is 1. The standard InChI is InChI=1S/C13H18BrNO2S/c1-17-12-9-10(14)5-6-11(12)13(16)15-7-3-4-8-18-2/h5-6,9H,3-4,7-8H2,1-2H3,(H,15,16). The number of benzene rings is 1. The summed E-state index contributed by atoms with van der Waals surface area (Å²) in [6.07, 6.45) is 4.22. The van der Waals surface area contributed by atoms with Gasteiger partial charge in [0.1, 0.15) is 5.75 Å². The van der Waals surface area contributed by atoms with Gasteiger partial charge in [-0.15, -0.1) is 0 Å². The third-order valence-corrected chi connectivity index (χ3v) is 3.66. The fraction of sp³-hybridized carbons (Fsp3) is 0.462. The van der Waals surface area contributed by atoms with Gasteiger partial charge in [0.15, 0.2) is 0 Å². The van der Waals surface area contributed by atoms with Gasteiger partial charge in [-0.25, -0.2) is 0 Å². The van der Waals surface area contributed by atoms with Crippen LogP contribution in [0.1, 0.15) is 23.2 Å². The Bertz CT molecular complexity index is 399. The number of carbonyl (C=O) groups excluding carboxylic acids is 1. The normalized spacial score (nSPS) is 10.2. The zero-order valence-electron chi connectivity index (χ0n) is 10.7. The summed E-state index contributed by atoms with van der Waals surface area (Å²) in [6, 6.07) is 5.40. The summed E-state index contributed by atoms with van der Waals surface area (Å²) in [5, 5.41) is 2.91. The topological polar surface area (TPSA) is 38.3 Å². The number of hydrogen-bond donors (Lipinski definition) is 1. The van der Waals surface area contributed by atoms with E-state index in [0.29, 0.717) is 17.9 Å². The molecule has 100 valence electrons. The van der Waals surface area contributed by atoms with Crippen LogP contribution in [-0.2, 0) is 0 Å². The molecule has 0 spiro atoms. The van der Waals surface area contributed by atoms with E-state index in [9.17, 15) is 4.79 Å². The monoisotopic (exact) mass is 331 g/mol. The Morgan fingerprint density at radius 1 is 1.44 bits per heavy atom. The van der Waals surface area contributed by atoms with Gasteiger partial charge < -0.3 is 10.1 Å². The van der Waals surface area contributed by atoms with E-state index in [4.69, 9.17) is 4.74 Å². The van der Waals surface area contributed by atoms with Crippen LogP contribution < -0.4 is 10.1 Å². The zero-order chi connectivity index (χ0) is 13.4. The third kappa shape index (κ3) is 4.90. The molecule has 0 bridgehead atoms. The van der Waals surface area contributed by atoms with Crippen molar-refractivity contribution in [1.82, 2.24) is 5.32 Å². The highest BCUT2D eigenvalue weighted by Crippen LogP contribution is 2.23. The second kappa shape index (κ2) is 8.43. The van der Waals surface area contributed by atoms with Crippen LogP contribution in [0.2, 0.25) is 0 Å². The van der Waals surface area contributed by atoms with Crippen molar-refractivity contribution in [2.45, 2.75) is 12.8 Å². The molecule has 1 N–H and O–H groups in total. The average molecular weight is 332 g/mol. The molecule has 0 unspecified atom stereocenters. The first kappa shape index (κ1) is 15.4. The summed E-state index contributed by atoms with van der Waals surface area (Å²) < 4.78 is 6.10. The van der Waals surface area contributed by atoms with Crippen LogP contribution in [0.25, 0.3) is 0 Å². The third-order valence-electron chi connectivity index (χ3n) is 2.47. The number of unbranched alkanes of at least 4 members (excludes halogenated alkanes) is 1. The van der Waals surface area contributed by atoms with E-state index in [1.807, 2.05) is 17.8 Å². The van der Waals surface area contributed by atoms with E-state index in [-0.39, 0.29) is 5.91 Å². The minimum absolute atomic E-state index is 0.0801.